The van der Waals surface area contributed by atoms with Crippen LogP contribution in [0, 0.1) is 5.82 Å². The zero-order chi connectivity index (χ0) is 20.3. The topological polar surface area (TPSA) is 66.5 Å². The van der Waals surface area contributed by atoms with Crippen LogP contribution in [0.15, 0.2) is 47.4 Å². The van der Waals surface area contributed by atoms with Gasteiger partial charge in [0.05, 0.1) is 10.6 Å². The van der Waals surface area contributed by atoms with Crippen molar-refractivity contribution >= 4 is 33.2 Å². The predicted molar refractivity (Wildman–Crippen MR) is 108 cm³/mol. The fraction of sp³-hybridized carbons (Fsp3) is 0.350. The van der Waals surface area contributed by atoms with Gasteiger partial charge >= 0.3 is 0 Å². The number of nitrogens with zero attached hydrogens (tertiary/aromatic N) is 1. The summed E-state index contributed by atoms with van der Waals surface area (Å²) in [7, 11) is -2.14. The van der Waals surface area contributed by atoms with Gasteiger partial charge in [0.15, 0.2) is 0 Å². The highest BCUT2D eigenvalue weighted by Crippen LogP contribution is 2.27. The summed E-state index contributed by atoms with van der Waals surface area (Å²) in [4.78, 5) is 12.5. The molecule has 2 aromatic carbocycles. The number of sulfonamides is 1. The molecule has 0 aliphatic heterocycles. The first-order chi connectivity index (χ1) is 13.3. The third kappa shape index (κ3) is 4.54. The fourth-order valence-corrected chi connectivity index (χ4v) is 5.03. The summed E-state index contributed by atoms with van der Waals surface area (Å²) in [6.45, 7) is 0. The summed E-state index contributed by atoms with van der Waals surface area (Å²) in [5, 5.41) is 2.71. The molecule has 0 saturated heterocycles. The quantitative estimate of drug-likeness (QED) is 0.757. The molecule has 0 unspecified atom stereocenters. The highest BCUT2D eigenvalue weighted by Gasteiger charge is 2.29. The van der Waals surface area contributed by atoms with Gasteiger partial charge in [-0.1, -0.05) is 36.9 Å². The number of hydrogen-bond acceptors (Lipinski definition) is 3. The van der Waals surface area contributed by atoms with Crippen molar-refractivity contribution in [1.29, 1.82) is 0 Å². The van der Waals surface area contributed by atoms with Crippen LogP contribution < -0.4 is 5.32 Å². The van der Waals surface area contributed by atoms with E-state index in [0.717, 1.165) is 38.2 Å². The maximum Gasteiger partial charge on any atom is 0.255 e. The van der Waals surface area contributed by atoms with Crippen LogP contribution in [0.1, 0.15) is 42.5 Å². The number of rotatable bonds is 5. The van der Waals surface area contributed by atoms with Gasteiger partial charge in [-0.2, -0.15) is 4.31 Å². The predicted octanol–water partition coefficient (Wildman–Crippen LogP) is 4.68. The number of nitrogens with one attached hydrogen (secondary N) is 1. The van der Waals surface area contributed by atoms with Gasteiger partial charge in [0.1, 0.15) is 5.82 Å². The maximum absolute atomic E-state index is 13.9. The third-order valence-corrected chi connectivity index (χ3v) is 7.18. The van der Waals surface area contributed by atoms with Crippen LogP contribution in [-0.4, -0.2) is 31.7 Å². The molecule has 28 heavy (non-hydrogen) atoms. The molecule has 1 saturated carbocycles. The number of carbonyl (C=O) groups excluding carboxylic acids is 1. The van der Waals surface area contributed by atoms with Crippen LogP contribution >= 0.6 is 11.6 Å². The Bertz CT molecular complexity index is 975. The van der Waals surface area contributed by atoms with Crippen LogP contribution in [0.5, 0.6) is 0 Å². The molecule has 0 bridgehead atoms. The third-order valence-electron chi connectivity index (χ3n) is 5.04. The minimum Gasteiger partial charge on any atom is -0.319 e. The smallest absolute Gasteiger partial charge is 0.255 e. The van der Waals surface area contributed by atoms with Gasteiger partial charge < -0.3 is 5.32 Å². The van der Waals surface area contributed by atoms with Crippen molar-refractivity contribution in [2.45, 2.75) is 43.0 Å². The molecule has 5 nitrogen and oxygen atoms in total. The largest absolute Gasteiger partial charge is 0.319 e. The normalized spacial score (nSPS) is 15.6. The number of anilines is 1. The number of amides is 1. The summed E-state index contributed by atoms with van der Waals surface area (Å²) >= 11 is 5.84. The van der Waals surface area contributed by atoms with Crippen molar-refractivity contribution in [1.82, 2.24) is 4.31 Å². The van der Waals surface area contributed by atoms with Gasteiger partial charge in [-0.15, -0.1) is 0 Å². The monoisotopic (exact) mass is 424 g/mol. The van der Waals surface area contributed by atoms with Gasteiger partial charge in [-0.25, -0.2) is 12.8 Å². The second kappa shape index (κ2) is 8.59. The van der Waals surface area contributed by atoms with Crippen molar-refractivity contribution in [2.75, 3.05) is 12.4 Å². The molecule has 0 spiro atoms. The summed E-state index contributed by atoms with van der Waals surface area (Å²) < 4.78 is 41.2. The van der Waals surface area contributed by atoms with E-state index in [4.69, 9.17) is 11.6 Å². The summed E-state index contributed by atoms with van der Waals surface area (Å²) in [5.74, 6) is -1.24. The molecule has 2 aromatic rings. The van der Waals surface area contributed by atoms with Gasteiger partial charge in [-0.3, -0.25) is 4.79 Å². The summed E-state index contributed by atoms with van der Waals surface area (Å²) in [6, 6.07) is 9.56. The number of halogens is 2. The Morgan fingerprint density at radius 2 is 1.86 bits per heavy atom. The SMILES string of the molecule is CN(C1CCCCC1)S(=O)(=O)c1cccc(C(=O)Nc2cc(Cl)ccc2F)c1. The van der Waals surface area contributed by atoms with Crippen molar-refractivity contribution in [3.05, 3.63) is 58.9 Å². The van der Waals surface area contributed by atoms with Crippen LogP contribution in [-0.2, 0) is 10.0 Å². The molecule has 1 fully saturated rings. The Balaban J connectivity index is 1.82. The maximum atomic E-state index is 13.9. The zero-order valence-corrected chi connectivity index (χ0v) is 17.1. The van der Waals surface area contributed by atoms with Crippen LogP contribution in [0.4, 0.5) is 10.1 Å². The van der Waals surface area contributed by atoms with Gasteiger partial charge in [0.25, 0.3) is 5.91 Å². The van der Waals surface area contributed by atoms with Gasteiger partial charge in [-0.05, 0) is 49.2 Å². The molecule has 150 valence electrons. The van der Waals surface area contributed by atoms with Gasteiger partial charge in [0, 0.05) is 23.7 Å². The minimum atomic E-state index is -3.72. The molecule has 1 N–H and O–H groups in total. The first-order valence-electron chi connectivity index (χ1n) is 9.13. The van der Waals surface area contributed by atoms with E-state index in [2.05, 4.69) is 5.32 Å². The highest BCUT2D eigenvalue weighted by molar-refractivity contribution is 7.89. The lowest BCUT2D eigenvalue weighted by molar-refractivity contribution is 0.102. The molecule has 3 rings (SSSR count). The standard InChI is InChI=1S/C20H22ClFN2O3S/c1-24(16-7-3-2-4-8-16)28(26,27)17-9-5-6-14(12-17)20(25)23-19-13-15(21)10-11-18(19)22/h5-6,9-13,16H,2-4,7-8H2,1H3,(H,23,25). The molecule has 0 radical (unpaired) electrons. The van der Waals surface area contributed by atoms with E-state index in [0.29, 0.717) is 0 Å². The lowest BCUT2D eigenvalue weighted by Gasteiger charge is -2.30. The van der Waals surface area contributed by atoms with E-state index in [1.807, 2.05) is 0 Å². The second-order valence-corrected chi connectivity index (χ2v) is 9.35. The number of carbonyl (C=O) groups is 1. The molecular weight excluding hydrogens is 403 g/mol. The Morgan fingerprint density at radius 1 is 1.14 bits per heavy atom. The summed E-state index contributed by atoms with van der Waals surface area (Å²) in [5.41, 5.74) is 0.0579. The number of benzene rings is 2. The first kappa shape index (κ1) is 20.8. The highest BCUT2D eigenvalue weighted by atomic mass is 35.5. The lowest BCUT2D eigenvalue weighted by atomic mass is 9.96. The molecule has 0 atom stereocenters. The van der Waals surface area contributed by atoms with Crippen molar-refractivity contribution in [3.8, 4) is 0 Å². The first-order valence-corrected chi connectivity index (χ1v) is 11.0. The second-order valence-electron chi connectivity index (χ2n) is 6.92. The van der Waals surface area contributed by atoms with Gasteiger partial charge in [0.2, 0.25) is 10.0 Å². The average Bonchev–Trinajstić information content (AvgIpc) is 2.71. The molecule has 0 heterocycles. The molecule has 1 amide bonds. The van der Waals surface area contributed by atoms with E-state index in [-0.39, 0.29) is 27.2 Å². The van der Waals surface area contributed by atoms with E-state index >= 15 is 0 Å². The van der Waals surface area contributed by atoms with E-state index in [1.54, 1.807) is 7.05 Å². The molecule has 0 aromatic heterocycles. The molecule has 1 aliphatic carbocycles. The van der Waals surface area contributed by atoms with E-state index < -0.39 is 21.7 Å². The Kier molecular flexibility index (Phi) is 6.37. The summed E-state index contributed by atoms with van der Waals surface area (Å²) in [6.07, 6.45) is 4.82. The van der Waals surface area contributed by atoms with Crippen LogP contribution in [0.3, 0.4) is 0 Å². The minimum absolute atomic E-state index is 0.0308. The van der Waals surface area contributed by atoms with Crippen molar-refractivity contribution < 1.29 is 17.6 Å². The average molecular weight is 425 g/mol. The molecule has 1 aliphatic rings. The van der Waals surface area contributed by atoms with Crippen molar-refractivity contribution in [3.63, 3.8) is 0 Å². The van der Waals surface area contributed by atoms with E-state index in [1.165, 1.54) is 40.7 Å². The molecular formula is C20H22ClFN2O3S. The number of hydrogen-bond donors (Lipinski definition) is 1. The van der Waals surface area contributed by atoms with Crippen LogP contribution in [0.2, 0.25) is 5.02 Å². The van der Waals surface area contributed by atoms with E-state index in [9.17, 15) is 17.6 Å². The zero-order valence-electron chi connectivity index (χ0n) is 15.5. The Hall–Kier alpha value is -1.96. The fourth-order valence-electron chi connectivity index (χ4n) is 3.39. The van der Waals surface area contributed by atoms with Crippen LogP contribution in [0.25, 0.3) is 0 Å². The molecule has 8 heteroatoms. The lowest BCUT2D eigenvalue weighted by Crippen LogP contribution is -2.38. The van der Waals surface area contributed by atoms with Crippen molar-refractivity contribution in [2.24, 2.45) is 0 Å². The Morgan fingerprint density at radius 3 is 2.57 bits per heavy atom. The Labute approximate surface area is 169 Å².